The zero-order valence-electron chi connectivity index (χ0n) is 60.1. The summed E-state index contributed by atoms with van der Waals surface area (Å²) >= 11 is 3.76. The van der Waals surface area contributed by atoms with Crippen LogP contribution in [-0.2, 0) is 64.0 Å². The third kappa shape index (κ3) is 18.0. The second-order valence-electron chi connectivity index (χ2n) is 25.3. The maximum Gasteiger partial charge on any atom is 0.534 e. The summed E-state index contributed by atoms with van der Waals surface area (Å²) in [4.78, 5) is 115. The molecular weight excluding hydrogens is 1650 g/mol. The Kier molecular flexibility index (Phi) is 23.8. The first-order valence-electron chi connectivity index (χ1n) is 34.3. The van der Waals surface area contributed by atoms with Gasteiger partial charge in [-0.05, 0) is 116 Å². The van der Waals surface area contributed by atoms with Gasteiger partial charge in [0, 0.05) is 126 Å². The molecule has 6 aromatic heterocycles. The highest BCUT2D eigenvalue weighted by molar-refractivity contribution is 7.92. The molecular formula is C76H60F3N13O17S7. The van der Waals surface area contributed by atoms with Crippen LogP contribution in [0.5, 0.6) is 5.75 Å². The van der Waals surface area contributed by atoms with Gasteiger partial charge in [0.2, 0.25) is 29.5 Å². The van der Waals surface area contributed by atoms with Crippen molar-refractivity contribution in [2.24, 2.45) is 0 Å². The number of hydrogen-bond donors (Lipinski definition) is 7. The lowest BCUT2D eigenvalue weighted by Crippen LogP contribution is -2.28. The molecule has 6 amide bonds. The van der Waals surface area contributed by atoms with Gasteiger partial charge in [0.15, 0.2) is 5.43 Å². The number of hydrogen-bond acceptors (Lipinski definition) is 26. The van der Waals surface area contributed by atoms with Crippen LogP contribution in [0.25, 0.3) is 32.1 Å². The first kappa shape index (κ1) is 81.4. The molecule has 1 fully saturated rings. The normalized spacial score (nSPS) is 14.4. The highest BCUT2D eigenvalue weighted by atomic mass is 32.2. The van der Waals surface area contributed by atoms with E-state index in [9.17, 15) is 80.4 Å². The van der Waals surface area contributed by atoms with Gasteiger partial charge in [0.05, 0.1) is 88.5 Å². The zero-order valence-corrected chi connectivity index (χ0v) is 65.8. The SMILES string of the molecule is C1CCOC1.CN(C)c1ccnc(-c2ncc(CNC(=O)c3ccc4c(c3)NC(=O)c3ccccc3S4(=O)=O)s2)c1.O=C(NCc1cnc(-c2cc(=O)cc[nH]2)s1)c1ccc2c(c1)NC(=O)c1ccccc1S2(=O)=O.O=C(NCc1cnc(-c2cc(OS(=O)(=O)C(F)(F)F)ccn2)s1)c1ccc2c(c1)NC(=O)c1ccccc1S2(=O)=O. The molecule has 0 bridgehead atoms. The number of carbonyl (C=O) groups excluding carboxylic acids is 6. The van der Waals surface area contributed by atoms with Crippen LogP contribution < -0.4 is 46.4 Å². The summed E-state index contributed by atoms with van der Waals surface area (Å²) in [6, 6.07) is 38.3. The average Bonchev–Trinajstić information content (AvgIpc) is 1.61. The number of amides is 6. The molecule has 40 heteroatoms. The highest BCUT2D eigenvalue weighted by Crippen LogP contribution is 2.39. The number of halogens is 3. The number of carbonyl (C=O) groups is 6. The second-order valence-corrected chi connectivity index (χ2v) is 35.9. The molecule has 0 radical (unpaired) electrons. The van der Waals surface area contributed by atoms with Crippen LogP contribution in [0.4, 0.5) is 35.9 Å². The number of sulfone groups is 3. The number of alkyl halides is 3. The van der Waals surface area contributed by atoms with Crippen molar-refractivity contribution in [2.45, 2.75) is 67.4 Å². The summed E-state index contributed by atoms with van der Waals surface area (Å²) in [7, 11) is -13.9. The molecule has 0 saturated carbocycles. The fourth-order valence-electron chi connectivity index (χ4n) is 11.6. The average molecular weight is 1710 g/mol. The molecule has 7 N–H and O–H groups in total. The molecule has 0 atom stereocenters. The first-order chi connectivity index (χ1) is 55.3. The number of nitrogens with zero attached hydrogens (tertiary/aromatic N) is 6. The number of H-pyrrole nitrogens is 1. The quantitative estimate of drug-likeness (QED) is 0.0370. The van der Waals surface area contributed by atoms with Gasteiger partial charge < -0.3 is 50.7 Å². The van der Waals surface area contributed by atoms with Crippen LogP contribution in [0.15, 0.2) is 235 Å². The van der Waals surface area contributed by atoms with Gasteiger partial charge in [0.1, 0.15) is 32.2 Å². The van der Waals surface area contributed by atoms with Crippen LogP contribution in [0.2, 0.25) is 0 Å². The number of fused-ring (bicyclic) bond motifs is 6. The Morgan fingerprint density at radius 3 is 1.27 bits per heavy atom. The number of nitrogens with one attached hydrogen (secondary N) is 7. The Morgan fingerprint density at radius 1 is 0.491 bits per heavy atom. The van der Waals surface area contributed by atoms with Gasteiger partial charge in [-0.15, -0.1) is 34.0 Å². The summed E-state index contributed by atoms with van der Waals surface area (Å²) in [6.45, 7) is 2.38. The van der Waals surface area contributed by atoms with Crippen molar-refractivity contribution in [3.8, 4) is 37.9 Å². The first-order valence-corrected chi connectivity index (χ1v) is 42.6. The Morgan fingerprint density at radius 2 is 0.879 bits per heavy atom. The zero-order chi connectivity index (χ0) is 82.4. The molecule has 4 aliphatic heterocycles. The van der Waals surface area contributed by atoms with E-state index in [1.165, 1.54) is 163 Å². The van der Waals surface area contributed by atoms with Crippen molar-refractivity contribution in [1.29, 1.82) is 0 Å². The Labute approximate surface area is 670 Å². The predicted octanol–water partition coefficient (Wildman–Crippen LogP) is 11.0. The monoisotopic (exact) mass is 1710 g/mol. The van der Waals surface area contributed by atoms with Crippen molar-refractivity contribution in [1.82, 2.24) is 45.9 Å². The molecule has 0 spiro atoms. The lowest BCUT2D eigenvalue weighted by molar-refractivity contribution is -0.0500. The summed E-state index contributed by atoms with van der Waals surface area (Å²) in [5.74, 6) is -3.81. The molecule has 4 aliphatic rings. The smallest absolute Gasteiger partial charge is 0.381 e. The maximum atomic E-state index is 13.1. The Balaban J connectivity index is 0.000000147. The van der Waals surface area contributed by atoms with Gasteiger partial charge >= 0.3 is 15.6 Å². The minimum atomic E-state index is -5.87. The van der Waals surface area contributed by atoms with E-state index in [0.717, 1.165) is 69.0 Å². The van der Waals surface area contributed by atoms with E-state index in [0.29, 0.717) is 15.6 Å². The van der Waals surface area contributed by atoms with Gasteiger partial charge in [0.25, 0.3) is 35.4 Å². The van der Waals surface area contributed by atoms with Crippen LogP contribution >= 0.6 is 34.0 Å². The Hall–Kier alpha value is -12.6. The van der Waals surface area contributed by atoms with Gasteiger partial charge in [-0.3, -0.25) is 43.5 Å². The van der Waals surface area contributed by atoms with E-state index in [1.807, 2.05) is 31.1 Å². The number of benzene rings is 6. The van der Waals surface area contributed by atoms with Crippen molar-refractivity contribution < 1.29 is 84.5 Å². The Bertz CT molecular complexity index is 6460. The largest absolute Gasteiger partial charge is 0.534 e. The topological polar surface area (TPSA) is 430 Å². The standard InChI is InChI=1S/C25H21N5O4S2.C24H15F3N4O7S3.C23H16N4O5S2.C4H8O/c1-30(2)16-9-10-26-20(12-16)25-28-14-17(35-25)13-27-23(31)15-7-8-22-19(11-15)29-24(32)18-5-3-4-6-21(18)36(22,33)34;25-24(26,27)41(36,37)38-14-7-8-28-18(10-14)23-30-12-15(39-23)11-29-21(32)13-5-6-20-17(9-13)31-22(33)16-3-1-2-4-19(16)40(20,34)35;28-14-7-8-24-18(10-14)23-26-12-15(33-23)11-25-21(29)13-5-6-20-17(9-13)27-22(30)16-3-1-2-4-19(16)34(20,31)32;1-2-4-5-3-1/h3-12,14H,13H2,1-2H3,(H,27,31)(H,29,32);1-10,12H,11H2,(H,29,32)(H,31,33);1-10,12H,11H2,(H,24,28)(H,25,29)(H,27,30);1-4H2. The van der Waals surface area contributed by atoms with E-state index in [-0.39, 0.29) is 116 Å². The fourth-order valence-corrected chi connectivity index (χ4v) is 19.3. The molecule has 594 valence electrons. The predicted molar refractivity (Wildman–Crippen MR) is 421 cm³/mol. The van der Waals surface area contributed by atoms with Crippen LogP contribution in [0, 0.1) is 0 Å². The van der Waals surface area contributed by atoms with E-state index in [4.69, 9.17) is 4.74 Å². The number of aromatic nitrogens is 6. The van der Waals surface area contributed by atoms with Crippen LogP contribution in [0.3, 0.4) is 0 Å². The number of thiazole rings is 3. The van der Waals surface area contributed by atoms with E-state index in [1.54, 1.807) is 42.9 Å². The molecule has 10 heterocycles. The molecule has 16 rings (SSSR count). The summed E-state index contributed by atoms with van der Waals surface area (Å²) in [5, 5.41) is 17.5. The van der Waals surface area contributed by atoms with E-state index in [2.05, 4.69) is 66.0 Å². The van der Waals surface area contributed by atoms with E-state index < -0.39 is 86.3 Å². The molecule has 116 heavy (non-hydrogen) atoms. The second kappa shape index (κ2) is 33.9. The fraction of sp³-hybridized carbons (Fsp3) is 0.132. The van der Waals surface area contributed by atoms with Crippen LogP contribution in [0.1, 0.15) is 89.6 Å². The van der Waals surface area contributed by atoms with Crippen molar-refractivity contribution in [3.05, 3.63) is 259 Å². The molecule has 6 aromatic carbocycles. The van der Waals surface area contributed by atoms with Gasteiger partial charge in [-0.25, -0.2) is 40.2 Å². The van der Waals surface area contributed by atoms with Crippen molar-refractivity contribution in [3.63, 3.8) is 0 Å². The number of anilines is 4. The summed E-state index contributed by atoms with van der Waals surface area (Å²) in [5.41, 5.74) is -2.77. The molecule has 12 aromatic rings. The maximum absolute atomic E-state index is 13.1. The summed E-state index contributed by atoms with van der Waals surface area (Å²) in [6.07, 6.45) is 11.5. The number of pyridine rings is 3. The van der Waals surface area contributed by atoms with Gasteiger partial charge in [-0.2, -0.15) is 21.6 Å². The minimum Gasteiger partial charge on any atom is -0.381 e. The summed E-state index contributed by atoms with van der Waals surface area (Å²) < 4.78 is 148. The molecule has 0 unspecified atom stereocenters. The third-order valence-corrected chi connectivity index (χ3v) is 26.9. The van der Waals surface area contributed by atoms with E-state index >= 15 is 0 Å². The third-order valence-electron chi connectivity index (χ3n) is 17.3. The lowest BCUT2D eigenvalue weighted by Gasteiger charge is -2.12. The molecule has 30 nitrogen and oxygen atoms in total. The molecule has 1 saturated heterocycles. The van der Waals surface area contributed by atoms with Crippen molar-refractivity contribution in [2.75, 3.05) is 48.2 Å². The highest BCUT2D eigenvalue weighted by Gasteiger charge is 2.49. The number of ether oxygens (including phenoxy) is 1. The van der Waals surface area contributed by atoms with Crippen molar-refractivity contribution >= 4 is 132 Å². The number of rotatable bonds is 15. The lowest BCUT2D eigenvalue weighted by atomic mass is 10.1. The van der Waals surface area contributed by atoms with Gasteiger partial charge in [-0.1, -0.05) is 36.4 Å². The number of aromatic amines is 1. The van der Waals surface area contributed by atoms with Crippen LogP contribution in [-0.4, -0.2) is 132 Å². The molecule has 0 aliphatic carbocycles. The minimum absolute atomic E-state index is 0.0238.